The molecule has 1 heterocycles. The van der Waals surface area contributed by atoms with Gasteiger partial charge in [0.1, 0.15) is 5.82 Å². The lowest BCUT2D eigenvalue weighted by Crippen LogP contribution is -2.41. The van der Waals surface area contributed by atoms with Gasteiger partial charge in [-0.3, -0.25) is 9.69 Å². The predicted molar refractivity (Wildman–Crippen MR) is 59.2 cm³/mol. The molecule has 1 aliphatic heterocycles. The number of halogens is 1. The summed E-state index contributed by atoms with van der Waals surface area (Å²) in [5, 5.41) is 8.73. The molecule has 0 unspecified atom stereocenters. The number of aliphatic carboxylic acids is 1. The van der Waals surface area contributed by atoms with E-state index >= 15 is 0 Å². The molecule has 2 rings (SSSR count). The molecule has 0 aromatic heterocycles. The Hall–Kier alpha value is -1.46. The summed E-state index contributed by atoms with van der Waals surface area (Å²) < 4.78 is 18.3. The predicted octanol–water partition coefficient (Wildman–Crippen LogP) is 1.28. The van der Waals surface area contributed by atoms with Gasteiger partial charge in [-0.25, -0.2) is 4.39 Å². The minimum Gasteiger partial charge on any atom is -0.480 e. The summed E-state index contributed by atoms with van der Waals surface area (Å²) >= 11 is 0. The van der Waals surface area contributed by atoms with E-state index in [9.17, 15) is 9.18 Å². The average molecular weight is 239 g/mol. The van der Waals surface area contributed by atoms with Crippen LogP contribution in [0.3, 0.4) is 0 Å². The summed E-state index contributed by atoms with van der Waals surface area (Å²) in [5.74, 6) is -1.13. The molecule has 5 heteroatoms. The maximum atomic E-state index is 12.8. The molecule has 0 amide bonds. The van der Waals surface area contributed by atoms with Crippen LogP contribution in [0.4, 0.5) is 4.39 Å². The number of morpholine rings is 1. The molecular weight excluding hydrogens is 225 g/mol. The molecule has 92 valence electrons. The van der Waals surface area contributed by atoms with Crippen LogP contribution in [-0.2, 0) is 9.53 Å². The van der Waals surface area contributed by atoms with Crippen LogP contribution in [0.1, 0.15) is 11.7 Å². The van der Waals surface area contributed by atoms with Gasteiger partial charge in [-0.2, -0.15) is 0 Å². The molecule has 0 saturated carbocycles. The van der Waals surface area contributed by atoms with Crippen molar-refractivity contribution in [3.05, 3.63) is 35.6 Å². The van der Waals surface area contributed by atoms with Crippen molar-refractivity contribution < 1.29 is 19.0 Å². The Bertz CT molecular complexity index is 393. The molecule has 1 fully saturated rings. The first-order valence-corrected chi connectivity index (χ1v) is 5.46. The number of hydrogen-bond donors (Lipinski definition) is 1. The van der Waals surface area contributed by atoms with Crippen molar-refractivity contribution in [3.8, 4) is 0 Å². The lowest BCUT2D eigenvalue weighted by Gasteiger charge is -2.32. The first-order valence-electron chi connectivity index (χ1n) is 5.46. The molecule has 0 aliphatic carbocycles. The number of ether oxygens (including phenoxy) is 1. The van der Waals surface area contributed by atoms with Gasteiger partial charge < -0.3 is 9.84 Å². The Kier molecular flexibility index (Phi) is 3.71. The molecule has 1 aromatic carbocycles. The van der Waals surface area contributed by atoms with E-state index < -0.39 is 5.97 Å². The Morgan fingerprint density at radius 3 is 2.82 bits per heavy atom. The second-order valence-electron chi connectivity index (χ2n) is 4.04. The number of hydrogen-bond acceptors (Lipinski definition) is 3. The standard InChI is InChI=1S/C12H14FNO3/c13-10-3-1-9(2-4-10)11-7-14(5-6-17-11)8-12(15)16/h1-4,11H,5-8H2,(H,15,16)/t11-/m0/s1. The highest BCUT2D eigenvalue weighted by Gasteiger charge is 2.23. The summed E-state index contributed by atoms with van der Waals surface area (Å²) in [6, 6.07) is 6.11. The van der Waals surface area contributed by atoms with Gasteiger partial charge in [0.2, 0.25) is 0 Å². The third kappa shape index (κ3) is 3.25. The zero-order valence-corrected chi connectivity index (χ0v) is 9.30. The van der Waals surface area contributed by atoms with E-state index in [1.54, 1.807) is 12.1 Å². The van der Waals surface area contributed by atoms with E-state index in [0.29, 0.717) is 19.7 Å². The number of carbonyl (C=O) groups is 1. The van der Waals surface area contributed by atoms with E-state index in [1.165, 1.54) is 12.1 Å². The largest absolute Gasteiger partial charge is 0.480 e. The number of nitrogens with zero attached hydrogens (tertiary/aromatic N) is 1. The minimum atomic E-state index is -0.843. The number of carboxylic acid groups (broad SMARTS) is 1. The number of carboxylic acids is 1. The average Bonchev–Trinajstić information content (AvgIpc) is 2.29. The van der Waals surface area contributed by atoms with Crippen LogP contribution in [0.2, 0.25) is 0 Å². The number of benzene rings is 1. The zero-order chi connectivity index (χ0) is 12.3. The van der Waals surface area contributed by atoms with Gasteiger partial charge in [-0.05, 0) is 17.7 Å². The highest BCUT2D eigenvalue weighted by Crippen LogP contribution is 2.22. The minimum absolute atomic E-state index is 0.0149. The van der Waals surface area contributed by atoms with Gasteiger partial charge in [0, 0.05) is 13.1 Å². The molecule has 1 saturated heterocycles. The van der Waals surface area contributed by atoms with Gasteiger partial charge in [-0.1, -0.05) is 12.1 Å². The maximum absolute atomic E-state index is 12.8. The van der Waals surface area contributed by atoms with Crippen LogP contribution in [0.15, 0.2) is 24.3 Å². The van der Waals surface area contributed by atoms with Gasteiger partial charge >= 0.3 is 5.97 Å². The van der Waals surface area contributed by atoms with Gasteiger partial charge in [0.05, 0.1) is 19.3 Å². The lowest BCUT2D eigenvalue weighted by molar-refractivity contribution is -0.140. The van der Waals surface area contributed by atoms with Crippen LogP contribution in [0, 0.1) is 5.82 Å². The van der Waals surface area contributed by atoms with E-state index in [-0.39, 0.29) is 18.5 Å². The molecule has 4 nitrogen and oxygen atoms in total. The van der Waals surface area contributed by atoms with Crippen molar-refractivity contribution in [2.24, 2.45) is 0 Å². The molecule has 0 bridgehead atoms. The van der Waals surface area contributed by atoms with Crippen LogP contribution in [-0.4, -0.2) is 42.2 Å². The SMILES string of the molecule is O=C(O)CN1CCO[C@H](c2ccc(F)cc2)C1. The van der Waals surface area contributed by atoms with Crippen molar-refractivity contribution in [1.29, 1.82) is 0 Å². The smallest absolute Gasteiger partial charge is 0.317 e. The van der Waals surface area contributed by atoms with Crippen LogP contribution in [0.25, 0.3) is 0 Å². The van der Waals surface area contributed by atoms with Gasteiger partial charge in [-0.15, -0.1) is 0 Å². The normalized spacial score (nSPS) is 21.4. The molecule has 1 atom stereocenters. The fourth-order valence-corrected chi connectivity index (χ4v) is 1.92. The quantitative estimate of drug-likeness (QED) is 0.863. The summed E-state index contributed by atoms with van der Waals surface area (Å²) in [4.78, 5) is 12.4. The zero-order valence-electron chi connectivity index (χ0n) is 9.30. The highest BCUT2D eigenvalue weighted by molar-refractivity contribution is 5.69. The van der Waals surface area contributed by atoms with Crippen molar-refractivity contribution in [2.45, 2.75) is 6.10 Å². The van der Waals surface area contributed by atoms with Gasteiger partial charge in [0.25, 0.3) is 0 Å². The van der Waals surface area contributed by atoms with Crippen LogP contribution in [0.5, 0.6) is 0 Å². The molecular formula is C12H14FNO3. The second-order valence-corrected chi connectivity index (χ2v) is 4.04. The Labute approximate surface area is 98.6 Å². The summed E-state index contributed by atoms with van der Waals surface area (Å²) in [5.41, 5.74) is 0.876. The van der Waals surface area contributed by atoms with Crippen molar-refractivity contribution in [1.82, 2.24) is 4.90 Å². The highest BCUT2D eigenvalue weighted by atomic mass is 19.1. The second kappa shape index (κ2) is 5.25. The Balaban J connectivity index is 2.01. The summed E-state index contributed by atoms with van der Waals surface area (Å²) in [6.07, 6.45) is -0.177. The monoisotopic (exact) mass is 239 g/mol. The molecule has 1 aromatic rings. The third-order valence-electron chi connectivity index (χ3n) is 2.75. The first kappa shape index (κ1) is 12.0. The summed E-state index contributed by atoms with van der Waals surface area (Å²) in [6.45, 7) is 1.65. The number of rotatable bonds is 3. The molecule has 1 aliphatic rings. The van der Waals surface area contributed by atoms with Crippen LogP contribution < -0.4 is 0 Å². The first-order chi connectivity index (χ1) is 8.15. The van der Waals surface area contributed by atoms with Gasteiger partial charge in [0.15, 0.2) is 0 Å². The Morgan fingerprint density at radius 1 is 1.47 bits per heavy atom. The molecule has 0 radical (unpaired) electrons. The topological polar surface area (TPSA) is 49.8 Å². The van der Waals surface area contributed by atoms with Crippen molar-refractivity contribution in [3.63, 3.8) is 0 Å². The molecule has 17 heavy (non-hydrogen) atoms. The fourth-order valence-electron chi connectivity index (χ4n) is 1.92. The summed E-state index contributed by atoms with van der Waals surface area (Å²) in [7, 11) is 0. The lowest BCUT2D eigenvalue weighted by atomic mass is 10.1. The fraction of sp³-hybridized carbons (Fsp3) is 0.417. The van der Waals surface area contributed by atoms with Crippen molar-refractivity contribution >= 4 is 5.97 Å². The Morgan fingerprint density at radius 2 is 2.18 bits per heavy atom. The van der Waals surface area contributed by atoms with E-state index in [1.807, 2.05) is 4.90 Å². The molecule has 0 spiro atoms. The maximum Gasteiger partial charge on any atom is 0.317 e. The van der Waals surface area contributed by atoms with E-state index in [2.05, 4.69) is 0 Å². The third-order valence-corrected chi connectivity index (χ3v) is 2.75. The van der Waals surface area contributed by atoms with E-state index in [4.69, 9.17) is 9.84 Å². The molecule has 1 N–H and O–H groups in total. The van der Waals surface area contributed by atoms with E-state index in [0.717, 1.165) is 5.56 Å². The van der Waals surface area contributed by atoms with Crippen molar-refractivity contribution in [2.75, 3.05) is 26.2 Å². The van der Waals surface area contributed by atoms with Crippen LogP contribution >= 0.6 is 0 Å².